The highest BCUT2D eigenvalue weighted by Crippen LogP contribution is 2.28. The van der Waals surface area contributed by atoms with Crippen LogP contribution >= 0.6 is 0 Å². The maximum Gasteiger partial charge on any atom is 0.276 e. The van der Waals surface area contributed by atoms with Crippen LogP contribution in [0.5, 0.6) is 5.88 Å². The minimum atomic E-state index is -0.354. The van der Waals surface area contributed by atoms with Gasteiger partial charge in [0.2, 0.25) is 5.88 Å². The summed E-state index contributed by atoms with van der Waals surface area (Å²) in [7, 11) is 1.84. The molecule has 0 aliphatic carbocycles. The van der Waals surface area contributed by atoms with Crippen molar-refractivity contribution >= 4 is 28.2 Å². The molecule has 1 aliphatic heterocycles. The standard InChI is InChI=1S/C19H21N5O3/c1-24-16-9-13(22-18(25)17-15(20)3-2-7-21-17)4-5-14(16)19(23-24)27-11-12-6-8-26-10-12/h2-5,7,9,12H,6,8,10-11,20H2,1H3,(H,22,25)/t12-/m0/s1. The number of fused-ring (bicyclic) bond motifs is 1. The van der Waals surface area contributed by atoms with E-state index in [4.69, 9.17) is 15.2 Å². The molecule has 27 heavy (non-hydrogen) atoms. The maximum atomic E-state index is 12.4. The molecule has 1 fully saturated rings. The largest absolute Gasteiger partial charge is 0.476 e. The van der Waals surface area contributed by atoms with E-state index < -0.39 is 0 Å². The summed E-state index contributed by atoms with van der Waals surface area (Å²) < 4.78 is 13.0. The van der Waals surface area contributed by atoms with Gasteiger partial charge in [-0.2, -0.15) is 0 Å². The number of nitrogens with two attached hydrogens (primary N) is 1. The number of nitrogen functional groups attached to an aromatic ring is 1. The monoisotopic (exact) mass is 367 g/mol. The lowest BCUT2D eigenvalue weighted by Gasteiger charge is -2.08. The molecule has 1 amide bonds. The van der Waals surface area contributed by atoms with Gasteiger partial charge in [0.15, 0.2) is 5.69 Å². The van der Waals surface area contributed by atoms with E-state index in [-0.39, 0.29) is 11.6 Å². The first kappa shape index (κ1) is 17.3. The summed E-state index contributed by atoms with van der Waals surface area (Å²) in [6.45, 7) is 2.11. The summed E-state index contributed by atoms with van der Waals surface area (Å²) >= 11 is 0. The number of pyridine rings is 1. The number of aromatic nitrogens is 3. The van der Waals surface area contributed by atoms with Crippen LogP contribution in [0.1, 0.15) is 16.9 Å². The fraction of sp³-hybridized carbons (Fsp3) is 0.316. The van der Waals surface area contributed by atoms with Gasteiger partial charge in [-0.3, -0.25) is 9.48 Å². The summed E-state index contributed by atoms with van der Waals surface area (Å²) in [5.41, 5.74) is 7.85. The van der Waals surface area contributed by atoms with Crippen molar-refractivity contribution in [1.29, 1.82) is 0 Å². The number of benzene rings is 1. The van der Waals surface area contributed by atoms with Gasteiger partial charge in [-0.25, -0.2) is 4.98 Å². The highest BCUT2D eigenvalue weighted by atomic mass is 16.5. The van der Waals surface area contributed by atoms with Crippen molar-refractivity contribution in [3.05, 3.63) is 42.2 Å². The summed E-state index contributed by atoms with van der Waals surface area (Å²) in [5, 5.41) is 8.17. The summed E-state index contributed by atoms with van der Waals surface area (Å²) in [5.74, 6) is 0.642. The Labute approximate surface area is 156 Å². The van der Waals surface area contributed by atoms with Crippen molar-refractivity contribution in [1.82, 2.24) is 14.8 Å². The van der Waals surface area contributed by atoms with Crippen LogP contribution in [-0.2, 0) is 11.8 Å². The molecule has 0 radical (unpaired) electrons. The molecular formula is C19H21N5O3. The van der Waals surface area contributed by atoms with Gasteiger partial charge in [-0.05, 0) is 36.8 Å². The van der Waals surface area contributed by atoms with Crippen LogP contribution in [0.2, 0.25) is 0 Å². The molecule has 0 unspecified atom stereocenters. The molecule has 1 atom stereocenters. The molecule has 1 saturated heterocycles. The number of hydrogen-bond acceptors (Lipinski definition) is 6. The van der Waals surface area contributed by atoms with Crippen molar-refractivity contribution in [2.75, 3.05) is 30.9 Å². The highest BCUT2D eigenvalue weighted by Gasteiger charge is 2.19. The van der Waals surface area contributed by atoms with Crippen molar-refractivity contribution in [2.45, 2.75) is 6.42 Å². The fourth-order valence-electron chi connectivity index (χ4n) is 3.12. The summed E-state index contributed by atoms with van der Waals surface area (Å²) in [6.07, 6.45) is 2.55. The molecule has 8 heteroatoms. The number of ether oxygens (including phenoxy) is 2. The number of anilines is 2. The van der Waals surface area contributed by atoms with Gasteiger partial charge in [-0.1, -0.05) is 0 Å². The second-order valence-electron chi connectivity index (χ2n) is 6.60. The van der Waals surface area contributed by atoms with Crippen LogP contribution in [0, 0.1) is 5.92 Å². The number of carbonyl (C=O) groups excluding carboxylic acids is 1. The fourth-order valence-corrected chi connectivity index (χ4v) is 3.12. The first-order valence-corrected chi connectivity index (χ1v) is 8.81. The quantitative estimate of drug-likeness (QED) is 0.716. The highest BCUT2D eigenvalue weighted by molar-refractivity contribution is 6.06. The lowest BCUT2D eigenvalue weighted by Crippen LogP contribution is -2.15. The Balaban J connectivity index is 1.53. The molecule has 3 N–H and O–H groups in total. The van der Waals surface area contributed by atoms with E-state index in [0.29, 0.717) is 29.8 Å². The molecule has 1 aliphatic rings. The molecule has 140 valence electrons. The zero-order chi connectivity index (χ0) is 18.8. The Kier molecular flexibility index (Phi) is 4.64. The Morgan fingerprint density at radius 3 is 3.11 bits per heavy atom. The number of aryl methyl sites for hydroxylation is 1. The van der Waals surface area contributed by atoms with Gasteiger partial charge < -0.3 is 20.5 Å². The van der Waals surface area contributed by atoms with Crippen molar-refractivity contribution in [3.63, 3.8) is 0 Å². The van der Waals surface area contributed by atoms with Crippen molar-refractivity contribution in [3.8, 4) is 5.88 Å². The predicted octanol–water partition coefficient (Wildman–Crippen LogP) is 2.22. The van der Waals surface area contributed by atoms with Gasteiger partial charge in [0.05, 0.1) is 29.8 Å². The van der Waals surface area contributed by atoms with Crippen LogP contribution < -0.4 is 15.8 Å². The normalized spacial score (nSPS) is 16.6. The van der Waals surface area contributed by atoms with Gasteiger partial charge in [-0.15, -0.1) is 5.10 Å². The van der Waals surface area contributed by atoms with Gasteiger partial charge >= 0.3 is 0 Å². The zero-order valence-corrected chi connectivity index (χ0v) is 15.0. The zero-order valence-electron chi connectivity index (χ0n) is 15.0. The molecule has 2 aromatic heterocycles. The van der Waals surface area contributed by atoms with Crippen LogP contribution in [-0.4, -0.2) is 40.5 Å². The molecule has 0 spiro atoms. The average molecular weight is 367 g/mol. The third-order valence-electron chi connectivity index (χ3n) is 4.61. The minimum Gasteiger partial charge on any atom is -0.476 e. The molecule has 1 aromatic carbocycles. The number of rotatable bonds is 5. The van der Waals surface area contributed by atoms with Crippen molar-refractivity contribution in [2.24, 2.45) is 13.0 Å². The third kappa shape index (κ3) is 3.56. The summed E-state index contributed by atoms with van der Waals surface area (Å²) in [6, 6.07) is 8.88. The third-order valence-corrected chi connectivity index (χ3v) is 4.61. The molecular weight excluding hydrogens is 346 g/mol. The summed E-state index contributed by atoms with van der Waals surface area (Å²) in [4.78, 5) is 16.4. The lowest BCUT2D eigenvalue weighted by atomic mass is 10.1. The van der Waals surface area contributed by atoms with E-state index in [1.165, 1.54) is 6.20 Å². The predicted molar refractivity (Wildman–Crippen MR) is 102 cm³/mol. The number of nitrogens with zero attached hydrogens (tertiary/aromatic N) is 3. The Bertz CT molecular complexity index is 979. The molecule has 0 bridgehead atoms. The number of amides is 1. The first-order chi connectivity index (χ1) is 13.1. The van der Waals surface area contributed by atoms with Crippen LogP contribution in [0.3, 0.4) is 0 Å². The first-order valence-electron chi connectivity index (χ1n) is 8.81. The minimum absolute atomic E-state index is 0.199. The SMILES string of the molecule is Cn1nc(OC[C@H]2CCOC2)c2ccc(NC(=O)c3ncccc3N)cc21. The van der Waals surface area contributed by atoms with E-state index in [2.05, 4.69) is 15.4 Å². The molecule has 8 nitrogen and oxygen atoms in total. The number of nitrogens with one attached hydrogen (secondary N) is 1. The Hall–Kier alpha value is -3.13. The number of carbonyl (C=O) groups is 1. The molecule has 3 heterocycles. The van der Waals surface area contributed by atoms with Crippen LogP contribution in [0.4, 0.5) is 11.4 Å². The van der Waals surface area contributed by atoms with E-state index in [1.807, 2.05) is 25.2 Å². The smallest absolute Gasteiger partial charge is 0.276 e. The van der Waals surface area contributed by atoms with Gasteiger partial charge in [0.1, 0.15) is 0 Å². The maximum absolute atomic E-state index is 12.4. The van der Waals surface area contributed by atoms with Crippen LogP contribution in [0.15, 0.2) is 36.5 Å². The average Bonchev–Trinajstić information content (AvgIpc) is 3.28. The second kappa shape index (κ2) is 7.24. The Morgan fingerprint density at radius 2 is 2.33 bits per heavy atom. The second-order valence-corrected chi connectivity index (χ2v) is 6.60. The van der Waals surface area contributed by atoms with E-state index in [0.717, 1.165) is 30.5 Å². The number of hydrogen-bond donors (Lipinski definition) is 2. The van der Waals surface area contributed by atoms with Gasteiger partial charge in [0, 0.05) is 31.5 Å². The molecule has 0 saturated carbocycles. The molecule has 3 aromatic rings. The van der Waals surface area contributed by atoms with Crippen LogP contribution in [0.25, 0.3) is 10.9 Å². The lowest BCUT2D eigenvalue weighted by molar-refractivity contribution is 0.102. The topological polar surface area (TPSA) is 104 Å². The van der Waals surface area contributed by atoms with E-state index in [9.17, 15) is 4.79 Å². The van der Waals surface area contributed by atoms with Gasteiger partial charge in [0.25, 0.3) is 5.91 Å². The van der Waals surface area contributed by atoms with E-state index in [1.54, 1.807) is 16.8 Å². The Morgan fingerprint density at radius 1 is 1.44 bits per heavy atom. The molecule has 4 rings (SSSR count). The van der Waals surface area contributed by atoms with Crippen molar-refractivity contribution < 1.29 is 14.3 Å². The van der Waals surface area contributed by atoms with E-state index >= 15 is 0 Å².